The molecule has 140 valence electrons. The number of hydrogen-bond acceptors (Lipinski definition) is 6. The lowest BCUT2D eigenvalue weighted by molar-refractivity contribution is -0.316. The van der Waals surface area contributed by atoms with Gasteiger partial charge in [0, 0.05) is 16.8 Å². The van der Waals surface area contributed by atoms with Crippen molar-refractivity contribution in [3.63, 3.8) is 0 Å². The SMILES string of the molecule is CCc1c(C)sc(NC(=O)[C@H]2[C@@H](C(=O)[O-])[C@H]3C=C[C@H]2CC3)c1C(=O)OC. The maximum Gasteiger partial charge on any atom is 0.341 e. The first-order chi connectivity index (χ1) is 12.4. The normalized spacial score (nSPS) is 26.6. The number of anilines is 1. The zero-order chi connectivity index (χ0) is 19.0. The van der Waals surface area contributed by atoms with Gasteiger partial charge in [0.05, 0.1) is 18.6 Å². The van der Waals surface area contributed by atoms with Crippen molar-refractivity contribution in [2.75, 3.05) is 12.4 Å². The number of carboxylic acid groups (broad SMARTS) is 1. The number of carboxylic acids is 1. The molecule has 4 atom stereocenters. The zero-order valence-corrected chi connectivity index (χ0v) is 15.9. The van der Waals surface area contributed by atoms with Gasteiger partial charge in [0.25, 0.3) is 0 Å². The van der Waals surface area contributed by atoms with E-state index in [1.807, 2.05) is 26.0 Å². The lowest BCUT2D eigenvalue weighted by Crippen LogP contribution is -2.51. The van der Waals surface area contributed by atoms with Crippen molar-refractivity contribution in [1.82, 2.24) is 0 Å². The summed E-state index contributed by atoms with van der Waals surface area (Å²) >= 11 is 1.32. The maximum absolute atomic E-state index is 13.0. The molecule has 0 aliphatic heterocycles. The number of hydrogen-bond donors (Lipinski definition) is 1. The van der Waals surface area contributed by atoms with E-state index in [0.717, 1.165) is 23.3 Å². The van der Waals surface area contributed by atoms with Gasteiger partial charge in [-0.05, 0) is 43.6 Å². The van der Waals surface area contributed by atoms with Gasteiger partial charge >= 0.3 is 5.97 Å². The van der Waals surface area contributed by atoms with Crippen LogP contribution in [0.2, 0.25) is 0 Å². The number of rotatable bonds is 5. The van der Waals surface area contributed by atoms with E-state index in [9.17, 15) is 19.5 Å². The van der Waals surface area contributed by atoms with Crippen LogP contribution in [0, 0.1) is 30.6 Å². The number of ether oxygens (including phenoxy) is 1. The molecule has 26 heavy (non-hydrogen) atoms. The second-order valence-corrected chi connectivity index (χ2v) is 8.06. The molecule has 1 saturated carbocycles. The summed E-state index contributed by atoms with van der Waals surface area (Å²) in [5.74, 6) is -3.84. The molecule has 0 radical (unpaired) electrons. The highest BCUT2D eigenvalue weighted by atomic mass is 32.1. The monoisotopic (exact) mass is 376 g/mol. The molecule has 1 fully saturated rings. The summed E-state index contributed by atoms with van der Waals surface area (Å²) in [7, 11) is 1.30. The molecule has 0 unspecified atom stereocenters. The molecule has 6 nitrogen and oxygen atoms in total. The minimum atomic E-state index is -1.19. The van der Waals surface area contributed by atoms with Crippen LogP contribution in [0.25, 0.3) is 0 Å². The van der Waals surface area contributed by atoms with Gasteiger partial charge in [0.15, 0.2) is 0 Å². The van der Waals surface area contributed by atoms with E-state index in [1.165, 1.54) is 18.4 Å². The summed E-state index contributed by atoms with van der Waals surface area (Å²) in [6, 6.07) is 0. The second-order valence-electron chi connectivity index (χ2n) is 6.84. The Morgan fingerprint density at radius 1 is 1.23 bits per heavy atom. The van der Waals surface area contributed by atoms with Crippen molar-refractivity contribution in [1.29, 1.82) is 0 Å². The molecule has 2 bridgehead atoms. The third kappa shape index (κ3) is 3.05. The summed E-state index contributed by atoms with van der Waals surface area (Å²) in [6.07, 6.45) is 6.02. The minimum absolute atomic E-state index is 0.115. The van der Waals surface area contributed by atoms with Crippen LogP contribution in [0.4, 0.5) is 5.00 Å². The second kappa shape index (κ2) is 7.23. The van der Waals surface area contributed by atoms with Crippen molar-refractivity contribution in [2.45, 2.75) is 33.1 Å². The number of nitrogens with one attached hydrogen (secondary N) is 1. The molecular formula is C19H22NO5S-. The molecule has 1 amide bonds. The molecule has 3 aliphatic rings. The van der Waals surface area contributed by atoms with E-state index in [2.05, 4.69) is 5.32 Å². The highest BCUT2D eigenvalue weighted by Gasteiger charge is 2.45. The minimum Gasteiger partial charge on any atom is -0.550 e. The van der Waals surface area contributed by atoms with Crippen LogP contribution in [0.15, 0.2) is 12.2 Å². The highest BCUT2D eigenvalue weighted by molar-refractivity contribution is 7.16. The molecule has 3 aliphatic carbocycles. The van der Waals surface area contributed by atoms with Gasteiger partial charge in [0.2, 0.25) is 5.91 Å². The summed E-state index contributed by atoms with van der Waals surface area (Å²) in [6.45, 7) is 3.82. The number of aliphatic carboxylic acids is 1. The zero-order valence-electron chi connectivity index (χ0n) is 15.0. The third-order valence-corrected chi connectivity index (χ3v) is 6.57. The number of carbonyl (C=O) groups is 3. The van der Waals surface area contributed by atoms with E-state index in [1.54, 1.807) is 0 Å². The number of esters is 1. The fourth-order valence-electron chi connectivity index (χ4n) is 4.28. The Morgan fingerprint density at radius 3 is 2.35 bits per heavy atom. The van der Waals surface area contributed by atoms with Gasteiger partial charge in [-0.3, -0.25) is 4.79 Å². The predicted molar refractivity (Wildman–Crippen MR) is 95.7 cm³/mol. The van der Waals surface area contributed by atoms with Crippen LogP contribution in [0.3, 0.4) is 0 Å². The van der Waals surface area contributed by atoms with Gasteiger partial charge in [-0.25, -0.2) is 4.79 Å². The van der Waals surface area contributed by atoms with Crippen LogP contribution in [-0.4, -0.2) is 25.0 Å². The summed E-state index contributed by atoms with van der Waals surface area (Å²) in [5.41, 5.74) is 1.21. The summed E-state index contributed by atoms with van der Waals surface area (Å²) in [4.78, 5) is 37.7. The van der Waals surface area contributed by atoms with Gasteiger partial charge in [0.1, 0.15) is 5.00 Å². The fraction of sp³-hybridized carbons (Fsp3) is 0.526. The van der Waals surface area contributed by atoms with Crippen LogP contribution in [0.5, 0.6) is 0 Å². The van der Waals surface area contributed by atoms with Crippen molar-refractivity contribution in [2.24, 2.45) is 23.7 Å². The Kier molecular flexibility index (Phi) is 5.18. The fourth-order valence-corrected chi connectivity index (χ4v) is 5.41. The largest absolute Gasteiger partial charge is 0.550 e. The van der Waals surface area contributed by atoms with Crippen LogP contribution in [0.1, 0.15) is 40.6 Å². The molecule has 7 heteroatoms. The number of methoxy groups -OCH3 is 1. The maximum atomic E-state index is 13.0. The Labute approximate surface area is 156 Å². The lowest BCUT2D eigenvalue weighted by atomic mass is 9.62. The van der Waals surface area contributed by atoms with E-state index >= 15 is 0 Å². The average Bonchev–Trinajstić information content (AvgIpc) is 2.95. The third-order valence-electron chi connectivity index (χ3n) is 5.51. The average molecular weight is 376 g/mol. The first-order valence-corrected chi connectivity index (χ1v) is 9.61. The van der Waals surface area contributed by atoms with E-state index in [0.29, 0.717) is 17.0 Å². The van der Waals surface area contributed by atoms with Crippen LogP contribution in [-0.2, 0) is 20.7 Å². The molecule has 1 aromatic heterocycles. The highest BCUT2D eigenvalue weighted by Crippen LogP contribution is 2.45. The summed E-state index contributed by atoms with van der Waals surface area (Å²) in [5, 5.41) is 14.9. The van der Waals surface area contributed by atoms with Gasteiger partial charge < -0.3 is 20.0 Å². The standard InChI is InChI=1S/C19H23NO5S/c1-4-12-9(2)26-17(15(12)19(24)25-3)20-16(21)13-10-5-7-11(8-6-10)14(13)18(22)23/h5,7,10-11,13-14H,4,6,8H2,1-3H3,(H,20,21)(H,22,23)/p-1/t10-,11-,13+,14-/m0/s1. The number of amides is 1. The van der Waals surface area contributed by atoms with Gasteiger partial charge in [-0.2, -0.15) is 0 Å². The lowest BCUT2D eigenvalue weighted by Gasteiger charge is -2.44. The van der Waals surface area contributed by atoms with Crippen LogP contribution < -0.4 is 10.4 Å². The molecule has 4 rings (SSSR count). The number of thiophene rings is 1. The van der Waals surface area contributed by atoms with E-state index in [4.69, 9.17) is 4.74 Å². The van der Waals surface area contributed by atoms with Crippen molar-refractivity contribution < 1.29 is 24.2 Å². The smallest absolute Gasteiger partial charge is 0.341 e. The predicted octanol–water partition coefficient (Wildman–Crippen LogP) is 1.92. The van der Waals surface area contributed by atoms with Gasteiger partial charge in [-0.1, -0.05) is 19.1 Å². The van der Waals surface area contributed by atoms with Crippen LogP contribution >= 0.6 is 11.3 Å². The number of fused-ring (bicyclic) bond motifs is 2. The van der Waals surface area contributed by atoms with Gasteiger partial charge in [-0.15, -0.1) is 11.3 Å². The molecule has 1 N–H and O–H groups in total. The molecule has 0 saturated heterocycles. The van der Waals surface area contributed by atoms with Crippen molar-refractivity contribution >= 4 is 34.2 Å². The van der Waals surface area contributed by atoms with E-state index < -0.39 is 23.8 Å². The Balaban J connectivity index is 1.92. The molecule has 1 heterocycles. The Morgan fingerprint density at radius 2 is 1.85 bits per heavy atom. The van der Waals surface area contributed by atoms with E-state index in [-0.39, 0.29) is 17.7 Å². The first kappa shape index (κ1) is 18.6. The molecule has 0 spiro atoms. The summed E-state index contributed by atoms with van der Waals surface area (Å²) < 4.78 is 4.87. The van der Waals surface area contributed by atoms with Crippen molar-refractivity contribution in [3.8, 4) is 0 Å². The Bertz CT molecular complexity index is 781. The first-order valence-electron chi connectivity index (χ1n) is 8.79. The number of aryl methyl sites for hydroxylation is 1. The number of allylic oxidation sites excluding steroid dienone is 2. The topological polar surface area (TPSA) is 95.5 Å². The van der Waals surface area contributed by atoms with Crippen molar-refractivity contribution in [3.05, 3.63) is 28.2 Å². The molecular weight excluding hydrogens is 354 g/mol. The Hall–Kier alpha value is -2.15. The number of carbonyl (C=O) groups excluding carboxylic acids is 3. The molecule has 1 aromatic rings. The quantitative estimate of drug-likeness (QED) is 0.626. The molecule has 0 aromatic carbocycles.